The highest BCUT2D eigenvalue weighted by Gasteiger charge is 2.71. The molecule has 0 bridgehead atoms. The quantitative estimate of drug-likeness (QED) is 0.734. The Morgan fingerprint density at radius 3 is 2.15 bits per heavy atom. The second-order valence-corrected chi connectivity index (χ2v) is 5.60. The second kappa shape index (κ2) is 3.74. The summed E-state index contributed by atoms with van der Waals surface area (Å²) in [6.45, 7) is 2.33. The number of alkyl halides is 4. The van der Waals surface area contributed by atoms with Gasteiger partial charge in [-0.1, -0.05) is 53.3 Å². The summed E-state index contributed by atoms with van der Waals surface area (Å²) in [4.78, 5) is 11.2. The Kier molecular flexibility index (Phi) is 3.42. The summed E-state index contributed by atoms with van der Waals surface area (Å²) in [5.41, 5.74) is 0. The van der Waals surface area contributed by atoms with Gasteiger partial charge in [0.15, 0.2) is 0 Å². The van der Waals surface area contributed by atoms with E-state index in [-0.39, 0.29) is 0 Å². The number of rotatable bonds is 3. The van der Waals surface area contributed by atoms with Crippen molar-refractivity contribution in [1.82, 2.24) is 0 Å². The van der Waals surface area contributed by atoms with E-state index >= 15 is 0 Å². The first-order valence-electron chi connectivity index (χ1n) is 3.77. The Bertz CT molecular complexity index is 209. The zero-order valence-electron chi connectivity index (χ0n) is 6.82. The molecule has 1 rings (SSSR count). The average molecular weight is 266 g/mol. The minimum atomic E-state index is -1.60. The molecular formula is C7H8Cl4O2. The maximum absolute atomic E-state index is 11.2. The minimum absolute atomic E-state index is 0.417. The Morgan fingerprint density at radius 1 is 1.31 bits per heavy atom. The van der Waals surface area contributed by atoms with Crippen LogP contribution in [0, 0.1) is 0 Å². The van der Waals surface area contributed by atoms with Crippen molar-refractivity contribution in [3.8, 4) is 0 Å². The van der Waals surface area contributed by atoms with Crippen molar-refractivity contribution < 1.29 is 9.53 Å². The molecule has 1 fully saturated rings. The fraction of sp³-hybridized carbons (Fsp3) is 0.857. The van der Waals surface area contributed by atoms with E-state index in [1.807, 2.05) is 6.92 Å². The molecule has 6 heteroatoms. The molecular weight excluding hydrogens is 258 g/mol. The molecule has 0 N–H and O–H groups in total. The van der Waals surface area contributed by atoms with Gasteiger partial charge in [0, 0.05) is 6.61 Å². The van der Waals surface area contributed by atoms with Gasteiger partial charge in [-0.05, 0) is 6.42 Å². The zero-order chi connectivity index (χ0) is 10.3. The Hall–Kier alpha value is 0.790. The van der Waals surface area contributed by atoms with Crippen LogP contribution in [0.3, 0.4) is 0 Å². The van der Waals surface area contributed by atoms with Crippen LogP contribution in [-0.4, -0.2) is 27.2 Å². The molecule has 0 aromatic carbocycles. The number of carbonyl (C=O) groups excluding carboxylic acids is 1. The first-order chi connectivity index (χ1) is 5.85. The van der Waals surface area contributed by atoms with Crippen molar-refractivity contribution in [2.45, 2.75) is 28.1 Å². The van der Waals surface area contributed by atoms with Crippen LogP contribution in [0.25, 0.3) is 0 Å². The normalized spacial score (nSPS) is 25.8. The summed E-state index contributed by atoms with van der Waals surface area (Å²) in [7, 11) is 0. The van der Waals surface area contributed by atoms with Crippen LogP contribution in [0.2, 0.25) is 0 Å². The molecule has 13 heavy (non-hydrogen) atoms. The van der Waals surface area contributed by atoms with Crippen LogP contribution in [0.4, 0.5) is 0 Å². The van der Waals surface area contributed by atoms with Gasteiger partial charge in [-0.2, -0.15) is 0 Å². The molecule has 0 unspecified atom stereocenters. The summed E-state index contributed by atoms with van der Waals surface area (Å²) in [6.07, 6.45) is -0.0718. The number of ketones is 1. The second-order valence-electron chi connectivity index (χ2n) is 2.83. The smallest absolute Gasteiger partial charge is 0.210 e. The maximum Gasteiger partial charge on any atom is 0.210 e. The lowest BCUT2D eigenvalue weighted by molar-refractivity contribution is -0.137. The number of halogens is 4. The van der Waals surface area contributed by atoms with Gasteiger partial charge in [0.1, 0.15) is 6.10 Å². The van der Waals surface area contributed by atoms with Crippen molar-refractivity contribution >= 4 is 52.2 Å². The molecule has 76 valence electrons. The standard InChI is InChI=1S/C7H8Cl4O2/c1-2-3-13-5-6(8,9)4(12)7(5,10)11/h5H,2-3H2,1H3. The first-order valence-corrected chi connectivity index (χ1v) is 5.28. The predicted octanol–water partition coefficient (Wildman–Crippen LogP) is 2.71. The number of carbonyl (C=O) groups is 1. The van der Waals surface area contributed by atoms with Crippen molar-refractivity contribution in [1.29, 1.82) is 0 Å². The van der Waals surface area contributed by atoms with Gasteiger partial charge >= 0.3 is 0 Å². The monoisotopic (exact) mass is 264 g/mol. The van der Waals surface area contributed by atoms with Gasteiger partial charge in [0.2, 0.25) is 14.4 Å². The van der Waals surface area contributed by atoms with Gasteiger partial charge < -0.3 is 4.74 Å². The Balaban J connectivity index is 2.67. The molecule has 0 radical (unpaired) electrons. The van der Waals surface area contributed by atoms with Gasteiger partial charge in [-0.25, -0.2) is 0 Å². The molecule has 1 aliphatic rings. The van der Waals surface area contributed by atoms with Gasteiger partial charge in [-0.3, -0.25) is 4.79 Å². The third kappa shape index (κ3) is 1.80. The largest absolute Gasteiger partial charge is 0.371 e. The summed E-state index contributed by atoms with van der Waals surface area (Å²) in [5.74, 6) is -0.618. The van der Waals surface area contributed by atoms with Crippen LogP contribution in [0.15, 0.2) is 0 Å². The predicted molar refractivity (Wildman–Crippen MR) is 53.9 cm³/mol. The van der Waals surface area contributed by atoms with Crippen LogP contribution in [-0.2, 0) is 9.53 Å². The van der Waals surface area contributed by atoms with Gasteiger partial charge in [0.25, 0.3) is 0 Å². The van der Waals surface area contributed by atoms with Gasteiger partial charge in [0.05, 0.1) is 0 Å². The van der Waals surface area contributed by atoms with E-state index in [1.54, 1.807) is 0 Å². The van der Waals surface area contributed by atoms with E-state index in [0.717, 1.165) is 6.42 Å². The lowest BCUT2D eigenvalue weighted by Gasteiger charge is -2.46. The third-order valence-corrected chi connectivity index (χ3v) is 3.23. The van der Waals surface area contributed by atoms with E-state index in [9.17, 15) is 4.79 Å². The van der Waals surface area contributed by atoms with Crippen LogP contribution in [0.1, 0.15) is 13.3 Å². The first kappa shape index (κ1) is 11.9. The van der Waals surface area contributed by atoms with Crippen molar-refractivity contribution in [3.05, 3.63) is 0 Å². The minimum Gasteiger partial charge on any atom is -0.371 e. The third-order valence-electron chi connectivity index (χ3n) is 1.75. The molecule has 0 spiro atoms. The summed E-state index contributed by atoms with van der Waals surface area (Å²) in [6, 6.07) is 0. The van der Waals surface area contributed by atoms with Crippen molar-refractivity contribution in [2.24, 2.45) is 0 Å². The van der Waals surface area contributed by atoms with Gasteiger partial charge in [-0.15, -0.1) is 0 Å². The summed E-state index contributed by atoms with van der Waals surface area (Å²) >= 11 is 22.7. The Labute approximate surface area is 96.4 Å². The number of Topliss-reactive ketones (excluding diaryl/α,β-unsaturated/α-hetero) is 1. The Morgan fingerprint density at radius 2 is 1.77 bits per heavy atom. The molecule has 1 aliphatic carbocycles. The molecule has 0 amide bonds. The molecule has 0 aromatic heterocycles. The highest BCUT2D eigenvalue weighted by atomic mass is 35.5. The summed E-state index contributed by atoms with van der Waals surface area (Å²) < 4.78 is 1.98. The molecule has 0 aliphatic heterocycles. The molecule has 0 saturated heterocycles. The van der Waals surface area contributed by atoms with E-state index in [4.69, 9.17) is 51.1 Å². The number of ether oxygens (including phenoxy) is 1. The topological polar surface area (TPSA) is 26.3 Å². The van der Waals surface area contributed by atoms with E-state index in [0.29, 0.717) is 6.61 Å². The molecule has 1 saturated carbocycles. The number of hydrogen-bond donors (Lipinski definition) is 0. The zero-order valence-corrected chi connectivity index (χ0v) is 9.84. The van der Waals surface area contributed by atoms with Crippen LogP contribution >= 0.6 is 46.4 Å². The SMILES string of the molecule is CCCOC1C(Cl)(Cl)C(=O)C1(Cl)Cl. The lowest BCUT2D eigenvalue weighted by Crippen LogP contribution is -2.69. The van der Waals surface area contributed by atoms with E-state index < -0.39 is 20.6 Å². The average Bonchev–Trinajstić information content (AvgIpc) is 2.03. The lowest BCUT2D eigenvalue weighted by atomic mass is 9.91. The maximum atomic E-state index is 11.2. The van der Waals surface area contributed by atoms with E-state index in [2.05, 4.69) is 0 Å². The number of hydrogen-bond acceptors (Lipinski definition) is 2. The molecule has 2 nitrogen and oxygen atoms in total. The highest BCUT2D eigenvalue weighted by Crippen LogP contribution is 2.53. The van der Waals surface area contributed by atoms with E-state index in [1.165, 1.54) is 0 Å². The molecule has 0 aromatic rings. The molecule has 0 heterocycles. The fourth-order valence-electron chi connectivity index (χ4n) is 1.06. The summed E-state index contributed by atoms with van der Waals surface area (Å²) in [5, 5.41) is 0. The van der Waals surface area contributed by atoms with Crippen LogP contribution < -0.4 is 0 Å². The van der Waals surface area contributed by atoms with Crippen molar-refractivity contribution in [2.75, 3.05) is 6.61 Å². The molecule has 0 atom stereocenters. The van der Waals surface area contributed by atoms with Crippen molar-refractivity contribution in [3.63, 3.8) is 0 Å². The highest BCUT2D eigenvalue weighted by molar-refractivity contribution is 6.74. The van der Waals surface area contributed by atoms with Crippen LogP contribution in [0.5, 0.6) is 0 Å². The fourth-order valence-corrected chi connectivity index (χ4v) is 2.97.